The third-order valence-corrected chi connectivity index (χ3v) is 13.4. The van der Waals surface area contributed by atoms with E-state index < -0.39 is 5.41 Å². The molecular weight excluding hydrogens is 773 g/mol. The Kier molecular flexibility index (Phi) is 8.98. The lowest BCUT2D eigenvalue weighted by atomic mass is 9.70. The molecule has 0 aliphatic heterocycles. The maximum atomic E-state index is 2.48. The Bertz CT molecular complexity index is 3440. The fourth-order valence-corrected chi connectivity index (χ4v) is 10.7. The van der Waals surface area contributed by atoms with E-state index in [0.29, 0.717) is 0 Å². The minimum atomic E-state index is -0.404. The van der Waals surface area contributed by atoms with Gasteiger partial charge in [0, 0.05) is 33.4 Å². The molecule has 0 fully saturated rings. The first kappa shape index (κ1) is 37.6. The number of anilines is 3. The van der Waals surface area contributed by atoms with Crippen LogP contribution in [-0.2, 0) is 5.41 Å². The standard InChI is InChI=1S/C56H38N2.C6H6/c1-37-16-5-13-27-51(37)57(41-33-30-38(31-34-41)39-32-35-53-46(36-39)44-21-9-14-28-52(44)58(53)40-17-3-2-4-18-40)54-29-15-26-50-55(54)45-22-8-12-25-49(45)56(50)47-23-10-6-19-42(47)43-20-7-11-24-48(43)56;1-2-4-6-5-3-1/h2-36H,1H3;1-6H. The van der Waals surface area contributed by atoms with Gasteiger partial charge < -0.3 is 9.47 Å². The number of fused-ring (bicyclic) bond motifs is 13. The number of para-hydroxylation sites is 3. The Labute approximate surface area is 374 Å². The van der Waals surface area contributed by atoms with Crippen molar-refractivity contribution in [3.05, 3.63) is 277 Å². The van der Waals surface area contributed by atoms with Crippen LogP contribution in [-0.4, -0.2) is 4.57 Å². The van der Waals surface area contributed by atoms with Crippen molar-refractivity contribution < 1.29 is 0 Å². The predicted octanol–water partition coefficient (Wildman–Crippen LogP) is 16.3. The average Bonchev–Trinajstić information content (AvgIpc) is 3.98. The minimum Gasteiger partial charge on any atom is -0.310 e. The zero-order chi connectivity index (χ0) is 42.6. The lowest BCUT2D eigenvalue weighted by Crippen LogP contribution is -2.26. The summed E-state index contributed by atoms with van der Waals surface area (Å²) in [5, 5.41) is 2.51. The molecule has 2 aliphatic rings. The molecule has 64 heavy (non-hydrogen) atoms. The van der Waals surface area contributed by atoms with E-state index in [9.17, 15) is 0 Å². The van der Waals surface area contributed by atoms with E-state index in [-0.39, 0.29) is 0 Å². The highest BCUT2D eigenvalue weighted by molar-refractivity contribution is 6.10. The van der Waals surface area contributed by atoms with Crippen LogP contribution in [0.1, 0.15) is 27.8 Å². The van der Waals surface area contributed by atoms with Gasteiger partial charge in [-0.1, -0.05) is 194 Å². The normalized spacial score (nSPS) is 12.6. The van der Waals surface area contributed by atoms with Crippen molar-refractivity contribution in [3.63, 3.8) is 0 Å². The van der Waals surface area contributed by atoms with E-state index in [2.05, 4.69) is 229 Å². The maximum Gasteiger partial charge on any atom is 0.0726 e. The Morgan fingerprint density at radius 2 is 0.859 bits per heavy atom. The molecule has 0 N–H and O–H groups in total. The summed E-state index contributed by atoms with van der Waals surface area (Å²) in [6.07, 6.45) is 0. The summed E-state index contributed by atoms with van der Waals surface area (Å²) < 4.78 is 2.38. The smallest absolute Gasteiger partial charge is 0.0726 e. The van der Waals surface area contributed by atoms with Crippen LogP contribution >= 0.6 is 0 Å². The quantitative estimate of drug-likeness (QED) is 0.168. The van der Waals surface area contributed by atoms with Crippen LogP contribution in [0.3, 0.4) is 0 Å². The van der Waals surface area contributed by atoms with Crippen molar-refractivity contribution in [2.75, 3.05) is 4.90 Å². The van der Waals surface area contributed by atoms with Crippen LogP contribution in [0.4, 0.5) is 17.1 Å². The van der Waals surface area contributed by atoms with Crippen LogP contribution in [0.15, 0.2) is 249 Å². The van der Waals surface area contributed by atoms with Gasteiger partial charge in [0.1, 0.15) is 0 Å². The van der Waals surface area contributed by atoms with Crippen molar-refractivity contribution in [2.24, 2.45) is 0 Å². The first-order valence-corrected chi connectivity index (χ1v) is 22.2. The highest BCUT2D eigenvalue weighted by Crippen LogP contribution is 2.64. The Hall–Kier alpha value is -8.20. The second-order valence-electron chi connectivity index (χ2n) is 16.8. The lowest BCUT2D eigenvalue weighted by molar-refractivity contribution is 0.794. The summed E-state index contributed by atoms with van der Waals surface area (Å²) in [4.78, 5) is 2.48. The second kappa shape index (κ2) is 15.3. The Morgan fingerprint density at radius 3 is 1.55 bits per heavy atom. The summed E-state index contributed by atoms with van der Waals surface area (Å²) >= 11 is 0. The van der Waals surface area contributed by atoms with Gasteiger partial charge in [0.15, 0.2) is 0 Å². The van der Waals surface area contributed by atoms with Gasteiger partial charge in [-0.15, -0.1) is 0 Å². The molecule has 0 saturated carbocycles. The van der Waals surface area contributed by atoms with E-state index in [0.717, 1.165) is 5.69 Å². The molecule has 0 radical (unpaired) electrons. The molecule has 10 aromatic carbocycles. The van der Waals surface area contributed by atoms with Crippen LogP contribution in [0.2, 0.25) is 0 Å². The van der Waals surface area contributed by atoms with Crippen LogP contribution < -0.4 is 4.90 Å². The molecule has 1 spiro atoms. The summed E-state index contributed by atoms with van der Waals surface area (Å²) in [6.45, 7) is 2.22. The molecule has 2 nitrogen and oxygen atoms in total. The minimum absolute atomic E-state index is 0.404. The van der Waals surface area contributed by atoms with Gasteiger partial charge in [0.25, 0.3) is 0 Å². The van der Waals surface area contributed by atoms with Crippen molar-refractivity contribution in [3.8, 4) is 39.1 Å². The number of nitrogens with zero attached hydrogens (tertiary/aromatic N) is 2. The number of aromatic nitrogens is 1. The summed E-state index contributed by atoms with van der Waals surface area (Å²) in [5.41, 5.74) is 20.9. The SMILES string of the molecule is Cc1ccccc1N(c1ccc(-c2ccc3c(c2)c2ccccc2n3-c2ccccc2)cc1)c1cccc2c1-c1ccccc1C21c2ccccc2-c2ccccc21.c1ccccc1. The van der Waals surface area contributed by atoms with Gasteiger partial charge in [0.2, 0.25) is 0 Å². The molecule has 1 aromatic heterocycles. The topological polar surface area (TPSA) is 8.17 Å². The second-order valence-corrected chi connectivity index (χ2v) is 16.8. The van der Waals surface area contributed by atoms with Gasteiger partial charge in [-0.3, -0.25) is 0 Å². The van der Waals surface area contributed by atoms with E-state index in [1.165, 1.54) is 100 Å². The average molecular weight is 817 g/mol. The van der Waals surface area contributed by atoms with Gasteiger partial charge in [-0.25, -0.2) is 0 Å². The van der Waals surface area contributed by atoms with Crippen LogP contribution in [0, 0.1) is 6.92 Å². The highest BCUT2D eigenvalue weighted by Gasteiger charge is 2.52. The number of rotatable bonds is 5. The predicted molar refractivity (Wildman–Crippen MR) is 268 cm³/mol. The first-order chi connectivity index (χ1) is 31.7. The monoisotopic (exact) mass is 816 g/mol. The summed E-state index contributed by atoms with van der Waals surface area (Å²) in [7, 11) is 0. The molecule has 2 aliphatic carbocycles. The molecule has 11 aromatic rings. The Balaban J connectivity index is 0.000000669. The molecule has 0 amide bonds. The number of aryl methyl sites for hydroxylation is 1. The fraction of sp³-hybridized carbons (Fsp3) is 0.0323. The molecule has 2 heteroatoms. The molecule has 0 saturated heterocycles. The molecule has 1 heterocycles. The zero-order valence-corrected chi connectivity index (χ0v) is 35.6. The van der Waals surface area contributed by atoms with Gasteiger partial charge in [-0.05, 0) is 117 Å². The van der Waals surface area contributed by atoms with Gasteiger partial charge >= 0.3 is 0 Å². The van der Waals surface area contributed by atoms with Crippen molar-refractivity contribution in [1.82, 2.24) is 4.57 Å². The van der Waals surface area contributed by atoms with E-state index in [1.54, 1.807) is 0 Å². The first-order valence-electron chi connectivity index (χ1n) is 22.2. The molecule has 0 unspecified atom stereocenters. The van der Waals surface area contributed by atoms with Crippen molar-refractivity contribution in [1.29, 1.82) is 0 Å². The van der Waals surface area contributed by atoms with E-state index in [4.69, 9.17) is 0 Å². The Morgan fingerprint density at radius 1 is 0.359 bits per heavy atom. The molecule has 0 atom stereocenters. The maximum absolute atomic E-state index is 2.48. The number of hydrogen-bond donors (Lipinski definition) is 0. The molecular formula is C62H44N2. The van der Waals surface area contributed by atoms with Gasteiger partial charge in [0.05, 0.1) is 22.1 Å². The largest absolute Gasteiger partial charge is 0.310 e. The molecule has 302 valence electrons. The van der Waals surface area contributed by atoms with Crippen LogP contribution in [0.5, 0.6) is 0 Å². The molecule has 0 bridgehead atoms. The van der Waals surface area contributed by atoms with E-state index in [1.807, 2.05) is 36.4 Å². The number of hydrogen-bond acceptors (Lipinski definition) is 1. The van der Waals surface area contributed by atoms with Gasteiger partial charge in [-0.2, -0.15) is 0 Å². The molecule has 13 rings (SSSR count). The highest BCUT2D eigenvalue weighted by atomic mass is 15.1. The third-order valence-electron chi connectivity index (χ3n) is 13.4. The van der Waals surface area contributed by atoms with Crippen molar-refractivity contribution in [2.45, 2.75) is 12.3 Å². The summed E-state index contributed by atoms with van der Waals surface area (Å²) in [5.74, 6) is 0. The number of benzene rings is 10. The third kappa shape index (κ3) is 5.73. The van der Waals surface area contributed by atoms with E-state index >= 15 is 0 Å². The van der Waals surface area contributed by atoms with Crippen LogP contribution in [0.25, 0.3) is 60.9 Å². The fourth-order valence-electron chi connectivity index (χ4n) is 10.7. The summed E-state index contributed by atoms with van der Waals surface area (Å²) in [6, 6.07) is 90.4. The lowest BCUT2D eigenvalue weighted by Gasteiger charge is -2.32. The zero-order valence-electron chi connectivity index (χ0n) is 35.6. The van der Waals surface area contributed by atoms with Crippen molar-refractivity contribution >= 4 is 38.9 Å².